The Kier molecular flexibility index (Phi) is 5.15. The van der Waals surface area contributed by atoms with Crippen molar-refractivity contribution < 1.29 is 18.0 Å². The molecule has 1 N–H and O–H groups in total. The Hall–Kier alpha value is -2.84. The minimum atomic E-state index is -4.62. The van der Waals surface area contributed by atoms with Crippen molar-refractivity contribution in [3.05, 3.63) is 62.4 Å². The highest BCUT2D eigenvalue weighted by atomic mass is 19.4. The summed E-state index contributed by atoms with van der Waals surface area (Å²) in [6, 6.07) is 5.43. The summed E-state index contributed by atoms with van der Waals surface area (Å²) in [6.07, 6.45) is -2.80. The number of aromatic nitrogens is 2. The van der Waals surface area contributed by atoms with Gasteiger partial charge in [-0.1, -0.05) is 12.1 Å². The maximum atomic E-state index is 12.3. The number of carbonyl (C=O) groups is 1. The van der Waals surface area contributed by atoms with Crippen molar-refractivity contribution in [3.63, 3.8) is 0 Å². The standard InChI is InChI=1S/C16H16F3N3O3/c1-10-3-4-11(2)12(7-10)20-13(23)8-21-5-6-22(9-16(17,18)19)15(25)14(21)24/h3-7H,8-9H2,1-2H3,(H,20,23). The molecule has 0 unspecified atom stereocenters. The highest BCUT2D eigenvalue weighted by molar-refractivity contribution is 5.91. The van der Waals surface area contributed by atoms with Crippen molar-refractivity contribution in [2.45, 2.75) is 33.1 Å². The third kappa shape index (κ3) is 4.82. The number of alkyl halides is 3. The Bertz CT molecular complexity index is 913. The van der Waals surface area contributed by atoms with E-state index in [-0.39, 0.29) is 4.57 Å². The molecule has 1 aromatic heterocycles. The first kappa shape index (κ1) is 18.5. The van der Waals surface area contributed by atoms with Crippen LogP contribution in [0, 0.1) is 13.8 Å². The number of nitrogens with zero attached hydrogens (tertiary/aromatic N) is 2. The zero-order chi connectivity index (χ0) is 18.8. The largest absolute Gasteiger partial charge is 0.406 e. The number of hydrogen-bond acceptors (Lipinski definition) is 3. The average molecular weight is 355 g/mol. The fourth-order valence-corrected chi connectivity index (χ4v) is 2.20. The first-order valence-corrected chi connectivity index (χ1v) is 7.30. The van der Waals surface area contributed by atoms with Gasteiger partial charge in [0.25, 0.3) is 0 Å². The molecule has 0 aliphatic heterocycles. The van der Waals surface area contributed by atoms with Gasteiger partial charge in [0.15, 0.2) is 0 Å². The summed E-state index contributed by atoms with van der Waals surface area (Å²) in [5.74, 6) is -0.566. The zero-order valence-corrected chi connectivity index (χ0v) is 13.6. The van der Waals surface area contributed by atoms with Gasteiger partial charge in [-0.2, -0.15) is 13.2 Å². The van der Waals surface area contributed by atoms with E-state index in [9.17, 15) is 27.6 Å². The minimum absolute atomic E-state index is 0.265. The topological polar surface area (TPSA) is 73.1 Å². The molecule has 0 radical (unpaired) electrons. The Morgan fingerprint density at radius 2 is 1.68 bits per heavy atom. The Balaban J connectivity index is 2.19. The van der Waals surface area contributed by atoms with Crippen LogP contribution in [0.3, 0.4) is 0 Å². The number of anilines is 1. The molecule has 1 aromatic carbocycles. The molecule has 9 heteroatoms. The maximum absolute atomic E-state index is 12.3. The number of benzene rings is 1. The van der Waals surface area contributed by atoms with E-state index < -0.39 is 36.3 Å². The molecule has 0 atom stereocenters. The van der Waals surface area contributed by atoms with Gasteiger partial charge >= 0.3 is 17.3 Å². The highest BCUT2D eigenvalue weighted by Crippen LogP contribution is 2.17. The van der Waals surface area contributed by atoms with Crippen LogP contribution in [0.1, 0.15) is 11.1 Å². The third-order valence-electron chi connectivity index (χ3n) is 3.46. The van der Waals surface area contributed by atoms with Gasteiger partial charge in [0, 0.05) is 18.1 Å². The first-order valence-electron chi connectivity index (χ1n) is 7.30. The molecule has 0 bridgehead atoms. The van der Waals surface area contributed by atoms with E-state index >= 15 is 0 Å². The molecule has 6 nitrogen and oxygen atoms in total. The first-order chi connectivity index (χ1) is 11.6. The highest BCUT2D eigenvalue weighted by Gasteiger charge is 2.28. The molecule has 25 heavy (non-hydrogen) atoms. The van der Waals surface area contributed by atoms with Crippen molar-refractivity contribution in [2.24, 2.45) is 0 Å². The van der Waals surface area contributed by atoms with E-state index in [1.54, 1.807) is 13.0 Å². The van der Waals surface area contributed by atoms with Crippen LogP contribution in [0.15, 0.2) is 40.2 Å². The SMILES string of the molecule is Cc1ccc(C)c(NC(=O)Cn2ccn(CC(F)(F)F)c(=O)c2=O)c1. The van der Waals surface area contributed by atoms with Gasteiger partial charge in [-0.3, -0.25) is 19.0 Å². The number of amides is 1. The number of aryl methyl sites for hydroxylation is 2. The van der Waals surface area contributed by atoms with Crippen LogP contribution in [0.5, 0.6) is 0 Å². The fourth-order valence-electron chi connectivity index (χ4n) is 2.20. The molecule has 2 aromatic rings. The van der Waals surface area contributed by atoms with Gasteiger partial charge in [-0.25, -0.2) is 0 Å². The van der Waals surface area contributed by atoms with Crippen LogP contribution in [-0.2, 0) is 17.9 Å². The van der Waals surface area contributed by atoms with Crippen LogP contribution in [-0.4, -0.2) is 21.2 Å². The molecule has 0 saturated carbocycles. The summed E-state index contributed by atoms with van der Waals surface area (Å²) in [6.45, 7) is 1.60. The van der Waals surface area contributed by atoms with E-state index in [2.05, 4.69) is 5.32 Å². The van der Waals surface area contributed by atoms with Crippen molar-refractivity contribution in [2.75, 3.05) is 5.32 Å². The van der Waals surface area contributed by atoms with Gasteiger partial charge in [-0.05, 0) is 31.0 Å². The Labute approximate surface area is 140 Å². The molecular formula is C16H16F3N3O3. The number of hydrogen-bond donors (Lipinski definition) is 1. The lowest BCUT2D eigenvalue weighted by molar-refractivity contribution is -0.141. The predicted molar refractivity (Wildman–Crippen MR) is 85.6 cm³/mol. The third-order valence-corrected chi connectivity index (χ3v) is 3.46. The van der Waals surface area contributed by atoms with E-state index in [4.69, 9.17) is 0 Å². The number of halogens is 3. The molecular weight excluding hydrogens is 339 g/mol. The summed E-state index contributed by atoms with van der Waals surface area (Å²) >= 11 is 0. The van der Waals surface area contributed by atoms with E-state index in [0.29, 0.717) is 5.69 Å². The van der Waals surface area contributed by atoms with Crippen molar-refractivity contribution in [1.82, 2.24) is 9.13 Å². The van der Waals surface area contributed by atoms with Crippen molar-refractivity contribution in [3.8, 4) is 0 Å². The molecule has 0 aliphatic carbocycles. The second kappa shape index (κ2) is 6.96. The summed E-state index contributed by atoms with van der Waals surface area (Å²) in [7, 11) is 0. The van der Waals surface area contributed by atoms with Gasteiger partial charge in [0.2, 0.25) is 5.91 Å². The fraction of sp³-hybridized carbons (Fsp3) is 0.312. The lowest BCUT2D eigenvalue weighted by Gasteiger charge is -2.12. The molecule has 0 fully saturated rings. The summed E-state index contributed by atoms with van der Waals surface area (Å²) in [5, 5.41) is 2.61. The molecule has 0 saturated heterocycles. The summed E-state index contributed by atoms with van der Waals surface area (Å²) in [4.78, 5) is 35.6. The van der Waals surface area contributed by atoms with E-state index in [1.807, 2.05) is 19.1 Å². The molecule has 0 spiro atoms. The molecule has 0 aliphatic rings. The second-order valence-electron chi connectivity index (χ2n) is 5.65. The Morgan fingerprint density at radius 3 is 2.32 bits per heavy atom. The quantitative estimate of drug-likeness (QED) is 0.851. The maximum Gasteiger partial charge on any atom is 0.406 e. The van der Waals surface area contributed by atoms with Crippen LogP contribution >= 0.6 is 0 Å². The van der Waals surface area contributed by atoms with Crippen LogP contribution in [0.2, 0.25) is 0 Å². The molecule has 134 valence electrons. The van der Waals surface area contributed by atoms with Gasteiger partial charge in [0.05, 0.1) is 0 Å². The molecule has 2 rings (SSSR count). The lowest BCUT2D eigenvalue weighted by Crippen LogP contribution is -2.43. The summed E-state index contributed by atoms with van der Waals surface area (Å²) < 4.78 is 38.1. The smallest absolute Gasteiger partial charge is 0.324 e. The Morgan fingerprint density at radius 1 is 1.08 bits per heavy atom. The van der Waals surface area contributed by atoms with E-state index in [0.717, 1.165) is 28.1 Å². The molecule has 1 heterocycles. The minimum Gasteiger partial charge on any atom is -0.324 e. The van der Waals surface area contributed by atoms with Crippen LogP contribution in [0.25, 0.3) is 0 Å². The second-order valence-corrected chi connectivity index (χ2v) is 5.65. The van der Waals surface area contributed by atoms with Gasteiger partial charge in [-0.15, -0.1) is 0 Å². The van der Waals surface area contributed by atoms with Gasteiger partial charge < -0.3 is 9.88 Å². The number of carbonyl (C=O) groups excluding carboxylic acids is 1. The normalized spacial score (nSPS) is 11.4. The van der Waals surface area contributed by atoms with Crippen LogP contribution < -0.4 is 16.4 Å². The number of rotatable bonds is 4. The van der Waals surface area contributed by atoms with Gasteiger partial charge in [0.1, 0.15) is 13.1 Å². The lowest BCUT2D eigenvalue weighted by atomic mass is 10.1. The summed E-state index contributed by atoms with van der Waals surface area (Å²) in [5.41, 5.74) is -0.231. The van der Waals surface area contributed by atoms with E-state index in [1.165, 1.54) is 0 Å². The van der Waals surface area contributed by atoms with Crippen molar-refractivity contribution >= 4 is 11.6 Å². The predicted octanol–water partition coefficient (Wildman–Crippen LogP) is 1.83. The monoisotopic (exact) mass is 355 g/mol. The van der Waals surface area contributed by atoms with Crippen molar-refractivity contribution in [1.29, 1.82) is 0 Å². The van der Waals surface area contributed by atoms with Crippen LogP contribution in [0.4, 0.5) is 18.9 Å². The number of nitrogens with one attached hydrogen (secondary N) is 1. The average Bonchev–Trinajstić information content (AvgIpc) is 2.49. The molecule has 1 amide bonds. The zero-order valence-electron chi connectivity index (χ0n) is 13.6.